The van der Waals surface area contributed by atoms with Gasteiger partial charge in [-0.3, -0.25) is 0 Å². The molecule has 0 aromatic heterocycles. The molecule has 0 aromatic rings. The summed E-state index contributed by atoms with van der Waals surface area (Å²) in [6.45, 7) is 23.3. The van der Waals surface area contributed by atoms with E-state index in [0.717, 1.165) is 0 Å². The van der Waals surface area contributed by atoms with Crippen molar-refractivity contribution < 1.29 is 0 Å². The lowest BCUT2D eigenvalue weighted by atomic mass is 9.71. The van der Waals surface area contributed by atoms with Crippen LogP contribution in [0.15, 0.2) is 25.3 Å². The molecule has 1 heteroatoms. The highest BCUT2D eigenvalue weighted by atomic mass is 15.1. The van der Waals surface area contributed by atoms with Gasteiger partial charge in [-0.05, 0) is 50.2 Å². The van der Waals surface area contributed by atoms with Gasteiger partial charge in [0.2, 0.25) is 0 Å². The molecule has 1 rings (SSSR count). The van der Waals surface area contributed by atoms with Crippen LogP contribution in [0.2, 0.25) is 0 Å². The molecule has 0 amide bonds. The van der Waals surface area contributed by atoms with Crippen molar-refractivity contribution in [3.63, 3.8) is 0 Å². The van der Waals surface area contributed by atoms with Crippen molar-refractivity contribution in [3.8, 4) is 0 Å². The molecule has 0 unspecified atom stereocenters. The van der Waals surface area contributed by atoms with Gasteiger partial charge in [0, 0.05) is 0 Å². The van der Waals surface area contributed by atoms with E-state index in [-0.39, 0.29) is 0 Å². The molecule has 0 aliphatic carbocycles. The summed E-state index contributed by atoms with van der Waals surface area (Å²) in [6, 6.07) is 0. The maximum absolute atomic E-state index is 4.30. The number of likely N-dealkylation sites (tertiary alicyclic amines) is 1. The average molecular weight is 237 g/mol. The first-order valence-electron chi connectivity index (χ1n) is 6.91. The van der Waals surface area contributed by atoms with Crippen LogP contribution in [0.3, 0.4) is 0 Å². The van der Waals surface area contributed by atoms with Crippen molar-refractivity contribution in [1.29, 1.82) is 0 Å². The summed E-state index contributed by atoms with van der Waals surface area (Å²) in [5.41, 5.74) is 1.86. The van der Waals surface area contributed by atoms with E-state index in [4.69, 9.17) is 0 Å². The van der Waals surface area contributed by atoms with Crippen LogP contribution >= 0.6 is 0 Å². The van der Waals surface area contributed by atoms with Crippen molar-refractivity contribution in [2.24, 2.45) is 11.3 Å². The predicted molar refractivity (Wildman–Crippen MR) is 79.3 cm³/mol. The molecule has 0 N–H and O–H groups in total. The smallest absolute Gasteiger partial charge is 0.00104 e. The van der Waals surface area contributed by atoms with Crippen LogP contribution in [0.25, 0.3) is 0 Å². The minimum absolute atomic E-state index is 0.401. The van der Waals surface area contributed by atoms with Gasteiger partial charge in [-0.15, -0.1) is 13.2 Å². The Balaban J connectivity index is 0.00000121. The first-order valence-corrected chi connectivity index (χ1v) is 6.91. The number of allylic oxidation sites excluding steroid dienone is 1. The lowest BCUT2D eigenvalue weighted by Crippen LogP contribution is -2.40. The second-order valence-corrected chi connectivity index (χ2v) is 5.58. The van der Waals surface area contributed by atoms with Crippen LogP contribution in [0, 0.1) is 11.3 Å². The molecule has 100 valence electrons. The third-order valence-corrected chi connectivity index (χ3v) is 3.97. The van der Waals surface area contributed by atoms with Gasteiger partial charge in [-0.2, -0.15) is 0 Å². The third-order valence-electron chi connectivity index (χ3n) is 3.97. The molecule has 1 aliphatic rings. The highest BCUT2D eigenvalue weighted by molar-refractivity contribution is 5.12. The molecular formula is C16H31N. The lowest BCUT2D eigenvalue weighted by molar-refractivity contribution is 0.138. The minimum atomic E-state index is 0.401. The van der Waals surface area contributed by atoms with E-state index in [1.54, 1.807) is 0 Å². The van der Waals surface area contributed by atoms with Crippen molar-refractivity contribution in [2.75, 3.05) is 19.6 Å². The second kappa shape index (κ2) is 7.71. The van der Waals surface area contributed by atoms with E-state index >= 15 is 0 Å². The number of nitrogens with zero attached hydrogens (tertiary/aromatic N) is 1. The zero-order valence-corrected chi connectivity index (χ0v) is 12.4. The van der Waals surface area contributed by atoms with E-state index in [1.165, 1.54) is 44.5 Å². The fraction of sp³-hybridized carbons (Fsp3) is 0.750. The van der Waals surface area contributed by atoms with Gasteiger partial charge in [-0.25, -0.2) is 0 Å². The Labute approximate surface area is 109 Å². The Morgan fingerprint density at radius 3 is 2.06 bits per heavy atom. The van der Waals surface area contributed by atoms with Gasteiger partial charge in [0.25, 0.3) is 0 Å². The molecule has 0 radical (unpaired) electrons. The maximum Gasteiger partial charge on any atom is -0.00104 e. The zero-order chi connectivity index (χ0) is 13.5. The molecule has 0 spiro atoms. The van der Waals surface area contributed by atoms with Gasteiger partial charge in [0.05, 0.1) is 0 Å². The number of rotatable bonds is 4. The molecule has 1 heterocycles. The summed E-state index contributed by atoms with van der Waals surface area (Å²) in [5.74, 6) is 0.632. The van der Waals surface area contributed by atoms with E-state index in [0.29, 0.717) is 11.3 Å². The standard InChI is InChI=1S/C14H27N.C2H4/c1-6-9-15-10-7-14(5,8-11-15)13(4)12(2)3;1-2/h12H,4,6-11H2,1-3,5H3;1-2H2. The largest absolute Gasteiger partial charge is 0.303 e. The summed E-state index contributed by atoms with van der Waals surface area (Å²) < 4.78 is 0. The number of hydrogen-bond donors (Lipinski definition) is 0. The molecule has 1 aliphatic heterocycles. The third kappa shape index (κ3) is 4.67. The van der Waals surface area contributed by atoms with Gasteiger partial charge >= 0.3 is 0 Å². The molecule has 0 bridgehead atoms. The lowest BCUT2D eigenvalue weighted by Gasteiger charge is -2.42. The summed E-state index contributed by atoms with van der Waals surface area (Å²) >= 11 is 0. The Morgan fingerprint density at radius 2 is 1.71 bits per heavy atom. The zero-order valence-electron chi connectivity index (χ0n) is 12.4. The van der Waals surface area contributed by atoms with E-state index < -0.39 is 0 Å². The van der Waals surface area contributed by atoms with Gasteiger partial charge in [0.1, 0.15) is 0 Å². The monoisotopic (exact) mass is 237 g/mol. The van der Waals surface area contributed by atoms with Crippen molar-refractivity contribution in [3.05, 3.63) is 25.3 Å². The fourth-order valence-corrected chi connectivity index (χ4v) is 2.60. The Hall–Kier alpha value is -0.560. The summed E-state index contributed by atoms with van der Waals surface area (Å²) in [4.78, 5) is 2.59. The van der Waals surface area contributed by atoms with Gasteiger partial charge < -0.3 is 4.90 Å². The van der Waals surface area contributed by atoms with Crippen molar-refractivity contribution >= 4 is 0 Å². The van der Waals surface area contributed by atoms with E-state index in [1.807, 2.05) is 0 Å². The van der Waals surface area contributed by atoms with E-state index in [2.05, 4.69) is 52.3 Å². The Bertz CT molecular complexity index is 222. The second-order valence-electron chi connectivity index (χ2n) is 5.58. The summed E-state index contributed by atoms with van der Waals surface area (Å²) in [6.07, 6.45) is 3.87. The molecule has 1 nitrogen and oxygen atoms in total. The van der Waals surface area contributed by atoms with Crippen LogP contribution in [0.1, 0.15) is 47.0 Å². The molecular weight excluding hydrogens is 206 g/mol. The highest BCUT2D eigenvalue weighted by Crippen LogP contribution is 2.40. The molecule has 17 heavy (non-hydrogen) atoms. The van der Waals surface area contributed by atoms with Gasteiger partial charge in [-0.1, -0.05) is 39.8 Å². The molecule has 0 atom stereocenters. The topological polar surface area (TPSA) is 3.24 Å². The van der Waals surface area contributed by atoms with Crippen LogP contribution in [0.5, 0.6) is 0 Å². The first-order chi connectivity index (χ1) is 7.99. The predicted octanol–water partition coefficient (Wildman–Crippen LogP) is 4.51. The summed E-state index contributed by atoms with van der Waals surface area (Å²) in [5, 5.41) is 0. The van der Waals surface area contributed by atoms with E-state index in [9.17, 15) is 0 Å². The van der Waals surface area contributed by atoms with Crippen LogP contribution in [-0.2, 0) is 0 Å². The van der Waals surface area contributed by atoms with Crippen LogP contribution in [-0.4, -0.2) is 24.5 Å². The van der Waals surface area contributed by atoms with Crippen LogP contribution in [0.4, 0.5) is 0 Å². The number of piperidine rings is 1. The minimum Gasteiger partial charge on any atom is -0.303 e. The van der Waals surface area contributed by atoms with Crippen molar-refractivity contribution in [2.45, 2.75) is 47.0 Å². The fourth-order valence-electron chi connectivity index (χ4n) is 2.60. The first kappa shape index (κ1) is 16.4. The molecule has 1 fully saturated rings. The SMILES string of the molecule is C=C.C=C(C(C)C)C1(C)CCN(CCC)CC1. The normalized spacial score (nSPS) is 19.6. The van der Waals surface area contributed by atoms with Crippen molar-refractivity contribution in [1.82, 2.24) is 4.90 Å². The average Bonchev–Trinajstić information content (AvgIpc) is 2.34. The Kier molecular flexibility index (Phi) is 7.45. The Morgan fingerprint density at radius 1 is 1.24 bits per heavy atom. The summed E-state index contributed by atoms with van der Waals surface area (Å²) in [7, 11) is 0. The van der Waals surface area contributed by atoms with Crippen LogP contribution < -0.4 is 0 Å². The molecule has 0 saturated carbocycles. The molecule has 1 saturated heterocycles. The maximum atomic E-state index is 4.30. The quantitative estimate of drug-likeness (QED) is 0.650. The van der Waals surface area contributed by atoms with Gasteiger partial charge in [0.15, 0.2) is 0 Å². The molecule has 0 aromatic carbocycles. The highest BCUT2D eigenvalue weighted by Gasteiger charge is 2.32. The number of hydrogen-bond acceptors (Lipinski definition) is 1.